The van der Waals surface area contributed by atoms with Crippen molar-refractivity contribution in [2.75, 3.05) is 18.0 Å². The second-order valence-corrected chi connectivity index (χ2v) is 3.94. The Bertz CT molecular complexity index is 317. The topological polar surface area (TPSA) is 55.0 Å². The lowest BCUT2D eigenvalue weighted by Crippen LogP contribution is -2.43. The summed E-state index contributed by atoms with van der Waals surface area (Å²) in [6.07, 6.45) is 5.46. The van der Waals surface area contributed by atoms with Crippen LogP contribution < -0.4 is 10.6 Å². The number of nitrogens with two attached hydrogens (primary N) is 1. The first kappa shape index (κ1) is 9.68. The number of anilines is 1. The van der Waals surface area contributed by atoms with Gasteiger partial charge in [0.25, 0.3) is 0 Å². The molecule has 0 aromatic carbocycles. The third-order valence-electron chi connectivity index (χ3n) is 2.37. The first-order chi connectivity index (χ1) is 6.75. The van der Waals surface area contributed by atoms with E-state index in [1.165, 1.54) is 6.20 Å². The highest BCUT2D eigenvalue weighted by Gasteiger charge is 2.17. The van der Waals surface area contributed by atoms with Crippen LogP contribution in [0.1, 0.15) is 12.8 Å². The molecule has 0 saturated carbocycles. The van der Waals surface area contributed by atoms with Crippen molar-refractivity contribution < 1.29 is 0 Å². The summed E-state index contributed by atoms with van der Waals surface area (Å²) in [5, 5.41) is 0.432. The van der Waals surface area contributed by atoms with E-state index in [-0.39, 0.29) is 6.04 Å². The Kier molecular flexibility index (Phi) is 2.84. The van der Waals surface area contributed by atoms with Gasteiger partial charge in [-0.25, -0.2) is 4.98 Å². The van der Waals surface area contributed by atoms with E-state index < -0.39 is 0 Å². The smallest absolute Gasteiger partial charge is 0.149 e. The minimum Gasteiger partial charge on any atom is -0.354 e. The van der Waals surface area contributed by atoms with Gasteiger partial charge in [0, 0.05) is 19.1 Å². The Labute approximate surface area is 88.1 Å². The molecule has 0 spiro atoms. The third-order valence-corrected chi connectivity index (χ3v) is 2.56. The first-order valence-corrected chi connectivity index (χ1v) is 5.11. The van der Waals surface area contributed by atoms with Crippen LogP contribution in [0.3, 0.4) is 0 Å². The molecule has 1 aliphatic rings. The molecule has 1 aromatic heterocycles. The van der Waals surface area contributed by atoms with Crippen LogP contribution in [-0.4, -0.2) is 29.1 Å². The molecule has 2 N–H and O–H groups in total. The maximum atomic E-state index is 5.88. The molecule has 2 heterocycles. The van der Waals surface area contributed by atoms with Crippen molar-refractivity contribution in [2.45, 2.75) is 18.9 Å². The zero-order valence-corrected chi connectivity index (χ0v) is 8.61. The van der Waals surface area contributed by atoms with Gasteiger partial charge in [0.1, 0.15) is 11.0 Å². The predicted molar refractivity (Wildman–Crippen MR) is 56.5 cm³/mol. The molecule has 4 nitrogen and oxygen atoms in total. The molecule has 76 valence electrons. The molecule has 0 bridgehead atoms. The fourth-order valence-corrected chi connectivity index (χ4v) is 1.85. The Morgan fingerprint density at radius 1 is 1.50 bits per heavy atom. The number of rotatable bonds is 1. The van der Waals surface area contributed by atoms with Gasteiger partial charge in [0.05, 0.1) is 12.4 Å². The van der Waals surface area contributed by atoms with Gasteiger partial charge in [-0.3, -0.25) is 4.98 Å². The summed E-state index contributed by atoms with van der Waals surface area (Å²) in [6, 6.07) is 0.240. The van der Waals surface area contributed by atoms with E-state index >= 15 is 0 Å². The Hall–Kier alpha value is -0.870. The highest BCUT2D eigenvalue weighted by molar-refractivity contribution is 6.29. The van der Waals surface area contributed by atoms with Crippen LogP contribution in [0.4, 0.5) is 5.82 Å². The van der Waals surface area contributed by atoms with Crippen molar-refractivity contribution >= 4 is 17.4 Å². The molecule has 0 aliphatic carbocycles. The van der Waals surface area contributed by atoms with Gasteiger partial charge in [0.2, 0.25) is 0 Å². The number of hydrogen-bond acceptors (Lipinski definition) is 4. The summed E-state index contributed by atoms with van der Waals surface area (Å²) in [4.78, 5) is 10.3. The minimum atomic E-state index is 0.240. The molecule has 1 aliphatic heterocycles. The van der Waals surface area contributed by atoms with E-state index in [0.717, 1.165) is 31.7 Å². The van der Waals surface area contributed by atoms with Gasteiger partial charge in [-0.05, 0) is 12.8 Å². The van der Waals surface area contributed by atoms with Crippen molar-refractivity contribution in [1.29, 1.82) is 0 Å². The van der Waals surface area contributed by atoms with Gasteiger partial charge in [-0.1, -0.05) is 11.6 Å². The number of hydrogen-bond donors (Lipinski definition) is 1. The highest BCUT2D eigenvalue weighted by Crippen LogP contribution is 2.17. The monoisotopic (exact) mass is 212 g/mol. The van der Waals surface area contributed by atoms with Crippen LogP contribution in [-0.2, 0) is 0 Å². The lowest BCUT2D eigenvalue weighted by atomic mass is 10.1. The largest absolute Gasteiger partial charge is 0.354 e. The average Bonchev–Trinajstić information content (AvgIpc) is 2.18. The van der Waals surface area contributed by atoms with Crippen LogP contribution in [0.2, 0.25) is 5.15 Å². The van der Waals surface area contributed by atoms with Crippen LogP contribution in [0.25, 0.3) is 0 Å². The third kappa shape index (κ3) is 2.13. The summed E-state index contributed by atoms with van der Waals surface area (Å²) in [6.45, 7) is 1.83. The second-order valence-electron chi connectivity index (χ2n) is 3.55. The molecular weight excluding hydrogens is 200 g/mol. The zero-order valence-electron chi connectivity index (χ0n) is 7.86. The van der Waals surface area contributed by atoms with Crippen LogP contribution >= 0.6 is 11.6 Å². The Balaban J connectivity index is 2.14. The van der Waals surface area contributed by atoms with E-state index in [0.29, 0.717) is 5.15 Å². The van der Waals surface area contributed by atoms with Crippen molar-refractivity contribution in [3.05, 3.63) is 17.5 Å². The molecule has 1 atom stereocenters. The number of halogens is 1. The number of aromatic nitrogens is 2. The first-order valence-electron chi connectivity index (χ1n) is 4.74. The summed E-state index contributed by atoms with van der Waals surface area (Å²) >= 11 is 5.77. The molecule has 0 unspecified atom stereocenters. The fourth-order valence-electron chi connectivity index (χ4n) is 1.70. The molecule has 2 rings (SSSR count). The zero-order chi connectivity index (χ0) is 9.97. The molecule has 1 saturated heterocycles. The summed E-state index contributed by atoms with van der Waals surface area (Å²) in [5.41, 5.74) is 5.88. The van der Waals surface area contributed by atoms with Crippen molar-refractivity contribution in [3.8, 4) is 0 Å². The summed E-state index contributed by atoms with van der Waals surface area (Å²) in [7, 11) is 0. The van der Waals surface area contributed by atoms with Crippen molar-refractivity contribution in [3.63, 3.8) is 0 Å². The Morgan fingerprint density at radius 2 is 2.36 bits per heavy atom. The molecule has 0 amide bonds. The SMILES string of the molecule is N[C@@H]1CCCN(c2cncc(Cl)n2)C1. The molecule has 1 fully saturated rings. The maximum Gasteiger partial charge on any atom is 0.149 e. The molecule has 5 heteroatoms. The molecule has 0 radical (unpaired) electrons. The number of piperidine rings is 1. The fraction of sp³-hybridized carbons (Fsp3) is 0.556. The van der Waals surface area contributed by atoms with Crippen LogP contribution in [0, 0.1) is 0 Å². The molecule has 1 aromatic rings. The van der Waals surface area contributed by atoms with E-state index in [9.17, 15) is 0 Å². The Morgan fingerprint density at radius 3 is 3.07 bits per heavy atom. The normalized spacial score (nSPS) is 22.4. The average molecular weight is 213 g/mol. The second kappa shape index (κ2) is 4.11. The lowest BCUT2D eigenvalue weighted by Gasteiger charge is -2.31. The van der Waals surface area contributed by atoms with E-state index in [1.807, 2.05) is 0 Å². The van der Waals surface area contributed by atoms with E-state index in [2.05, 4.69) is 14.9 Å². The standard InChI is InChI=1S/C9H13ClN4/c10-8-4-12-5-9(13-8)14-3-1-2-7(11)6-14/h4-5,7H,1-3,6,11H2/t7-/m1/s1. The summed E-state index contributed by atoms with van der Waals surface area (Å²) in [5.74, 6) is 0.827. The van der Waals surface area contributed by atoms with Gasteiger partial charge in [-0.2, -0.15) is 0 Å². The number of nitrogens with zero attached hydrogens (tertiary/aromatic N) is 3. The van der Waals surface area contributed by atoms with Crippen molar-refractivity contribution in [1.82, 2.24) is 9.97 Å². The van der Waals surface area contributed by atoms with Gasteiger partial charge < -0.3 is 10.6 Å². The minimum absolute atomic E-state index is 0.240. The maximum absolute atomic E-state index is 5.88. The van der Waals surface area contributed by atoms with E-state index in [4.69, 9.17) is 17.3 Å². The quantitative estimate of drug-likeness (QED) is 0.757. The van der Waals surface area contributed by atoms with Crippen LogP contribution in [0.5, 0.6) is 0 Å². The summed E-state index contributed by atoms with van der Waals surface area (Å²) < 4.78 is 0. The molecule has 14 heavy (non-hydrogen) atoms. The van der Waals surface area contributed by atoms with Crippen molar-refractivity contribution in [2.24, 2.45) is 5.73 Å². The van der Waals surface area contributed by atoms with E-state index in [1.54, 1.807) is 6.20 Å². The van der Waals surface area contributed by atoms with Gasteiger partial charge >= 0.3 is 0 Å². The highest BCUT2D eigenvalue weighted by atomic mass is 35.5. The van der Waals surface area contributed by atoms with Crippen LogP contribution in [0.15, 0.2) is 12.4 Å². The molecular formula is C9H13ClN4. The lowest BCUT2D eigenvalue weighted by molar-refractivity contribution is 0.503. The van der Waals surface area contributed by atoms with Gasteiger partial charge in [-0.15, -0.1) is 0 Å². The van der Waals surface area contributed by atoms with Gasteiger partial charge in [0.15, 0.2) is 0 Å². The predicted octanol–water partition coefficient (Wildman–Crippen LogP) is 1.06.